The number of rotatable bonds is 5. The van der Waals surface area contributed by atoms with Gasteiger partial charge < -0.3 is 9.47 Å². The van der Waals surface area contributed by atoms with Crippen molar-refractivity contribution in [2.45, 2.75) is 12.8 Å². The molecule has 0 N–H and O–H groups in total. The van der Waals surface area contributed by atoms with Crippen LogP contribution in [-0.4, -0.2) is 13.4 Å². The summed E-state index contributed by atoms with van der Waals surface area (Å²) in [6, 6.07) is 6.07. The third-order valence-corrected chi connectivity index (χ3v) is 2.44. The molecule has 0 aromatic heterocycles. The van der Waals surface area contributed by atoms with Crippen molar-refractivity contribution in [3.8, 4) is 11.8 Å². The number of hydrogen-bond acceptors (Lipinski definition) is 3. The van der Waals surface area contributed by atoms with Crippen LogP contribution >= 0.6 is 0 Å². The summed E-state index contributed by atoms with van der Waals surface area (Å²) < 4.78 is 23.6. The molecule has 0 atom stereocenters. The van der Waals surface area contributed by atoms with Crippen molar-refractivity contribution in [1.82, 2.24) is 0 Å². The molecule has 0 bridgehead atoms. The highest BCUT2D eigenvalue weighted by molar-refractivity contribution is 5.43. The van der Waals surface area contributed by atoms with Gasteiger partial charge in [0.25, 0.3) is 0 Å². The Morgan fingerprint density at radius 3 is 2.94 bits per heavy atom. The van der Waals surface area contributed by atoms with Gasteiger partial charge in [0.2, 0.25) is 0 Å². The normalized spacial score (nSPS) is 14.5. The molecule has 1 aromatic carbocycles. The Bertz CT molecular complexity index is 410. The van der Waals surface area contributed by atoms with Crippen LogP contribution in [0.5, 0.6) is 5.75 Å². The molecule has 1 aliphatic carbocycles. The number of nitrogens with zero attached hydrogens (tertiary/aromatic N) is 1. The Morgan fingerprint density at radius 1 is 1.44 bits per heavy atom. The van der Waals surface area contributed by atoms with Crippen LogP contribution in [0.1, 0.15) is 18.4 Å². The summed E-state index contributed by atoms with van der Waals surface area (Å²) in [6.07, 6.45) is 2.42. The molecule has 2 rings (SSSR count). The predicted molar refractivity (Wildman–Crippen MR) is 55.3 cm³/mol. The number of benzene rings is 1. The number of ether oxygens (including phenoxy) is 2. The summed E-state index contributed by atoms with van der Waals surface area (Å²) in [5.41, 5.74) is -0.0717. The van der Waals surface area contributed by atoms with Crippen molar-refractivity contribution in [1.29, 1.82) is 5.26 Å². The molecule has 1 fully saturated rings. The quantitative estimate of drug-likeness (QED) is 0.566. The van der Waals surface area contributed by atoms with E-state index >= 15 is 0 Å². The summed E-state index contributed by atoms with van der Waals surface area (Å²) in [7, 11) is 0. The fourth-order valence-electron chi connectivity index (χ4n) is 1.34. The van der Waals surface area contributed by atoms with Crippen molar-refractivity contribution in [2.75, 3.05) is 13.4 Å². The van der Waals surface area contributed by atoms with Crippen molar-refractivity contribution in [2.24, 2.45) is 5.92 Å². The first-order valence-corrected chi connectivity index (χ1v) is 5.20. The van der Waals surface area contributed by atoms with Crippen LogP contribution in [0.25, 0.3) is 0 Å². The van der Waals surface area contributed by atoms with Crippen LogP contribution in [0.4, 0.5) is 4.39 Å². The molecule has 0 radical (unpaired) electrons. The Labute approximate surface area is 93.4 Å². The van der Waals surface area contributed by atoms with Crippen LogP contribution in [0.3, 0.4) is 0 Å². The number of hydrogen-bond donors (Lipinski definition) is 0. The Morgan fingerprint density at radius 2 is 2.25 bits per heavy atom. The lowest BCUT2D eigenvalue weighted by molar-refractivity contribution is 0.00967. The maximum Gasteiger partial charge on any atom is 0.189 e. The SMILES string of the molecule is N#Cc1c(F)cccc1OCOCC1CC1. The van der Waals surface area contributed by atoms with E-state index in [0.717, 1.165) is 0 Å². The first-order chi connectivity index (χ1) is 7.81. The van der Waals surface area contributed by atoms with Crippen molar-refractivity contribution in [3.05, 3.63) is 29.6 Å². The third kappa shape index (κ3) is 2.71. The molecule has 0 saturated heterocycles. The van der Waals surface area contributed by atoms with E-state index in [0.29, 0.717) is 12.5 Å². The third-order valence-electron chi connectivity index (χ3n) is 2.44. The molecule has 16 heavy (non-hydrogen) atoms. The topological polar surface area (TPSA) is 42.2 Å². The van der Waals surface area contributed by atoms with Gasteiger partial charge in [0.15, 0.2) is 6.79 Å². The lowest BCUT2D eigenvalue weighted by Crippen LogP contribution is -2.06. The van der Waals surface area contributed by atoms with Gasteiger partial charge in [0.1, 0.15) is 23.2 Å². The molecule has 1 aliphatic rings. The van der Waals surface area contributed by atoms with Crippen LogP contribution in [0.2, 0.25) is 0 Å². The standard InChI is InChI=1S/C12H12FNO2/c13-11-2-1-3-12(10(11)6-14)16-8-15-7-9-4-5-9/h1-3,9H,4-5,7-8H2. The minimum atomic E-state index is -0.567. The summed E-state index contributed by atoms with van der Waals surface area (Å²) in [5, 5.41) is 8.74. The second-order valence-corrected chi connectivity index (χ2v) is 3.80. The highest BCUT2D eigenvalue weighted by atomic mass is 19.1. The zero-order valence-electron chi connectivity index (χ0n) is 8.78. The highest BCUT2D eigenvalue weighted by Crippen LogP contribution is 2.28. The van der Waals surface area contributed by atoms with Gasteiger partial charge in [-0.15, -0.1) is 0 Å². The molecule has 1 saturated carbocycles. The number of nitriles is 1. The largest absolute Gasteiger partial charge is 0.466 e. The van der Waals surface area contributed by atoms with Gasteiger partial charge in [0.05, 0.1) is 6.61 Å². The van der Waals surface area contributed by atoms with Crippen molar-refractivity contribution in [3.63, 3.8) is 0 Å². The van der Waals surface area contributed by atoms with Crippen LogP contribution in [0, 0.1) is 23.1 Å². The molecule has 1 aromatic rings. The summed E-state index contributed by atoms with van der Waals surface area (Å²) >= 11 is 0. The van der Waals surface area contributed by atoms with Gasteiger partial charge in [-0.2, -0.15) is 5.26 Å². The van der Waals surface area contributed by atoms with E-state index in [1.165, 1.54) is 25.0 Å². The molecule has 0 aliphatic heterocycles. The van der Waals surface area contributed by atoms with Gasteiger partial charge in [-0.05, 0) is 30.9 Å². The molecule has 0 unspecified atom stereocenters. The van der Waals surface area contributed by atoms with Gasteiger partial charge in [-0.1, -0.05) is 6.07 Å². The highest BCUT2D eigenvalue weighted by Gasteiger charge is 2.21. The Balaban J connectivity index is 1.87. The van der Waals surface area contributed by atoms with E-state index in [-0.39, 0.29) is 18.1 Å². The number of halogens is 1. The second kappa shape index (κ2) is 4.95. The van der Waals surface area contributed by atoms with Crippen LogP contribution in [-0.2, 0) is 4.74 Å². The van der Waals surface area contributed by atoms with Gasteiger partial charge in [0, 0.05) is 0 Å². The van der Waals surface area contributed by atoms with Crippen LogP contribution in [0.15, 0.2) is 18.2 Å². The maximum atomic E-state index is 13.2. The minimum Gasteiger partial charge on any atom is -0.466 e. The molecular formula is C12H12FNO2. The zero-order chi connectivity index (χ0) is 11.4. The van der Waals surface area contributed by atoms with Gasteiger partial charge in [-0.25, -0.2) is 4.39 Å². The first kappa shape index (κ1) is 10.9. The van der Waals surface area contributed by atoms with E-state index < -0.39 is 5.82 Å². The predicted octanol–water partition coefficient (Wildman–Crippen LogP) is 2.46. The zero-order valence-corrected chi connectivity index (χ0v) is 8.78. The lowest BCUT2D eigenvalue weighted by atomic mass is 10.2. The van der Waals surface area contributed by atoms with E-state index in [9.17, 15) is 4.39 Å². The summed E-state index contributed by atoms with van der Waals surface area (Å²) in [5.74, 6) is 0.326. The van der Waals surface area contributed by atoms with Crippen molar-refractivity contribution >= 4 is 0 Å². The summed E-state index contributed by atoms with van der Waals surface area (Å²) in [4.78, 5) is 0. The minimum absolute atomic E-state index is 0.0641. The molecular weight excluding hydrogens is 209 g/mol. The van der Waals surface area contributed by atoms with E-state index in [1.54, 1.807) is 12.1 Å². The maximum absolute atomic E-state index is 13.2. The molecule has 0 spiro atoms. The fraction of sp³-hybridized carbons (Fsp3) is 0.417. The summed E-state index contributed by atoms with van der Waals surface area (Å²) in [6.45, 7) is 0.742. The van der Waals surface area contributed by atoms with E-state index in [2.05, 4.69) is 0 Å². The second-order valence-electron chi connectivity index (χ2n) is 3.80. The van der Waals surface area contributed by atoms with Crippen molar-refractivity contribution < 1.29 is 13.9 Å². The van der Waals surface area contributed by atoms with E-state index in [1.807, 2.05) is 0 Å². The average molecular weight is 221 g/mol. The molecule has 0 amide bonds. The molecule has 0 heterocycles. The first-order valence-electron chi connectivity index (χ1n) is 5.20. The monoisotopic (exact) mass is 221 g/mol. The van der Waals surface area contributed by atoms with Gasteiger partial charge in [-0.3, -0.25) is 0 Å². The average Bonchev–Trinajstić information content (AvgIpc) is 3.08. The smallest absolute Gasteiger partial charge is 0.189 e. The Hall–Kier alpha value is -1.60. The Kier molecular flexibility index (Phi) is 3.37. The molecule has 3 nitrogen and oxygen atoms in total. The fourth-order valence-corrected chi connectivity index (χ4v) is 1.34. The molecule has 4 heteroatoms. The van der Waals surface area contributed by atoms with E-state index in [4.69, 9.17) is 14.7 Å². The van der Waals surface area contributed by atoms with Crippen LogP contribution < -0.4 is 4.74 Å². The van der Waals surface area contributed by atoms with Gasteiger partial charge >= 0.3 is 0 Å². The lowest BCUT2D eigenvalue weighted by Gasteiger charge is -2.08. The molecule has 84 valence electrons.